The van der Waals surface area contributed by atoms with Crippen LogP contribution in [0.15, 0.2) is 0 Å². The quantitative estimate of drug-likeness (QED) is 0.524. The smallest absolute Gasteiger partial charge is 0.328 e. The minimum absolute atomic E-state index is 0.109. The van der Waals surface area contributed by atoms with Crippen molar-refractivity contribution in [2.45, 2.75) is 57.1 Å². The van der Waals surface area contributed by atoms with Crippen LogP contribution in [0, 0.1) is 5.92 Å². The molecule has 0 aromatic rings. The number of hydrogen-bond donors (Lipinski definition) is 3. The minimum Gasteiger partial charge on any atom is -0.481 e. The molecule has 0 amide bonds. The molecule has 0 aromatic heterocycles. The second-order valence-corrected chi connectivity index (χ2v) is 6.48. The van der Waals surface area contributed by atoms with Gasteiger partial charge in [-0.15, -0.1) is 0 Å². The maximum Gasteiger partial charge on any atom is 0.328 e. The van der Waals surface area contributed by atoms with Crippen LogP contribution < -0.4 is 0 Å². The summed E-state index contributed by atoms with van der Waals surface area (Å²) in [6.07, 6.45) is 1.12. The van der Waals surface area contributed by atoms with Crippen LogP contribution in [0.4, 0.5) is 0 Å². The molecule has 0 saturated carbocycles. The zero-order valence-corrected chi connectivity index (χ0v) is 12.5. The second kappa shape index (κ2) is 7.58. The van der Waals surface area contributed by atoms with Gasteiger partial charge in [-0.05, 0) is 12.8 Å². The Morgan fingerprint density at radius 2 is 1.60 bits per heavy atom. The van der Waals surface area contributed by atoms with E-state index in [1.54, 1.807) is 13.8 Å². The summed E-state index contributed by atoms with van der Waals surface area (Å²) in [5.74, 6) is -4.99. The summed E-state index contributed by atoms with van der Waals surface area (Å²) in [5, 5.41) is 18.5. The van der Waals surface area contributed by atoms with Gasteiger partial charge in [0.2, 0.25) is 4.75 Å². The fourth-order valence-electron chi connectivity index (χ4n) is 2.25. The average molecular weight is 310 g/mol. The van der Waals surface area contributed by atoms with E-state index in [1.165, 1.54) is 0 Å². The van der Waals surface area contributed by atoms with Crippen molar-refractivity contribution in [3.05, 3.63) is 0 Å². The Labute approximate surface area is 118 Å². The molecule has 0 bridgehead atoms. The van der Waals surface area contributed by atoms with Crippen molar-refractivity contribution in [1.82, 2.24) is 0 Å². The highest BCUT2D eigenvalue weighted by Gasteiger charge is 2.58. The topological polar surface area (TPSA) is 129 Å². The summed E-state index contributed by atoms with van der Waals surface area (Å²) in [4.78, 5) is 22.8. The van der Waals surface area contributed by atoms with E-state index in [0.29, 0.717) is 19.3 Å². The van der Waals surface area contributed by atoms with E-state index in [0.717, 1.165) is 0 Å². The van der Waals surface area contributed by atoms with E-state index in [2.05, 4.69) is 0 Å². The first kappa shape index (κ1) is 18.9. The predicted octanol–water partition coefficient (Wildman–Crippen LogP) is 1.78. The van der Waals surface area contributed by atoms with Crippen LogP contribution in [0.5, 0.6) is 0 Å². The Bertz CT molecular complexity index is 443. The molecule has 3 N–H and O–H groups in total. The molecule has 0 aliphatic carbocycles. The maximum atomic E-state index is 11.6. The molecule has 0 saturated heterocycles. The normalized spacial score (nSPS) is 16.4. The van der Waals surface area contributed by atoms with Crippen LogP contribution in [0.1, 0.15) is 52.4 Å². The molecule has 0 spiro atoms. The lowest BCUT2D eigenvalue weighted by molar-refractivity contribution is -0.152. The molecule has 0 radical (unpaired) electrons. The van der Waals surface area contributed by atoms with Crippen LogP contribution in [0.25, 0.3) is 0 Å². The monoisotopic (exact) mass is 310 g/mol. The van der Waals surface area contributed by atoms with Gasteiger partial charge in [-0.2, -0.15) is 8.42 Å². The molecule has 118 valence electrons. The zero-order valence-electron chi connectivity index (χ0n) is 11.7. The molecule has 0 aromatic carbocycles. The highest BCUT2D eigenvalue weighted by molar-refractivity contribution is 7.88. The minimum atomic E-state index is -5.05. The van der Waals surface area contributed by atoms with Gasteiger partial charge in [-0.3, -0.25) is 14.1 Å². The highest BCUT2D eigenvalue weighted by atomic mass is 32.2. The molecule has 0 aliphatic heterocycles. The fraction of sp³-hybridized carbons (Fsp3) is 0.833. The van der Waals surface area contributed by atoms with E-state index >= 15 is 0 Å². The molecule has 8 heteroatoms. The molecule has 20 heavy (non-hydrogen) atoms. The van der Waals surface area contributed by atoms with Crippen molar-refractivity contribution in [3.63, 3.8) is 0 Å². The number of aliphatic carboxylic acids is 2. The van der Waals surface area contributed by atoms with Gasteiger partial charge in [-0.25, -0.2) is 0 Å². The summed E-state index contributed by atoms with van der Waals surface area (Å²) >= 11 is 0. The Morgan fingerprint density at radius 3 is 1.90 bits per heavy atom. The van der Waals surface area contributed by atoms with Gasteiger partial charge in [0.25, 0.3) is 10.1 Å². The van der Waals surface area contributed by atoms with Crippen molar-refractivity contribution in [1.29, 1.82) is 0 Å². The SMILES string of the molecule is CCCCC(C(=O)O)C(CCCC)(C(=O)O)S(=O)(=O)O. The van der Waals surface area contributed by atoms with Gasteiger partial charge in [0.1, 0.15) is 0 Å². The van der Waals surface area contributed by atoms with Crippen LogP contribution in [0.3, 0.4) is 0 Å². The molecule has 7 nitrogen and oxygen atoms in total. The summed E-state index contributed by atoms with van der Waals surface area (Å²) in [5.41, 5.74) is 0. The van der Waals surface area contributed by atoms with Crippen molar-refractivity contribution in [3.8, 4) is 0 Å². The van der Waals surface area contributed by atoms with Gasteiger partial charge >= 0.3 is 11.9 Å². The number of carbonyl (C=O) groups is 2. The van der Waals surface area contributed by atoms with Crippen molar-refractivity contribution < 1.29 is 32.8 Å². The molecule has 0 rings (SSSR count). The van der Waals surface area contributed by atoms with E-state index in [4.69, 9.17) is 0 Å². The third kappa shape index (κ3) is 3.92. The molecule has 0 fully saturated rings. The first-order valence-corrected chi connectivity index (χ1v) is 8.02. The van der Waals surface area contributed by atoms with Crippen LogP contribution in [0.2, 0.25) is 0 Å². The van der Waals surface area contributed by atoms with E-state index < -0.39 is 39.1 Å². The van der Waals surface area contributed by atoms with E-state index in [-0.39, 0.29) is 12.8 Å². The molecular formula is C12H22O7S. The number of unbranched alkanes of at least 4 members (excludes halogenated alkanes) is 2. The molecular weight excluding hydrogens is 288 g/mol. The predicted molar refractivity (Wildman–Crippen MR) is 72.1 cm³/mol. The number of carboxylic acids is 2. The number of hydrogen-bond acceptors (Lipinski definition) is 4. The first-order chi connectivity index (χ1) is 9.15. The average Bonchev–Trinajstić information content (AvgIpc) is 2.30. The van der Waals surface area contributed by atoms with E-state index in [9.17, 15) is 32.8 Å². The third-order valence-electron chi connectivity index (χ3n) is 3.43. The van der Waals surface area contributed by atoms with Gasteiger partial charge in [0.15, 0.2) is 0 Å². The van der Waals surface area contributed by atoms with Gasteiger partial charge in [-0.1, -0.05) is 39.5 Å². The van der Waals surface area contributed by atoms with Crippen molar-refractivity contribution >= 4 is 22.1 Å². The Hall–Kier alpha value is -1.15. The summed E-state index contributed by atoms with van der Waals surface area (Å²) in [6, 6.07) is 0. The summed E-state index contributed by atoms with van der Waals surface area (Å²) < 4.78 is 29.9. The van der Waals surface area contributed by atoms with E-state index in [1.807, 2.05) is 0 Å². The van der Waals surface area contributed by atoms with Crippen LogP contribution in [-0.2, 0) is 19.7 Å². The second-order valence-electron chi connectivity index (χ2n) is 4.81. The lowest BCUT2D eigenvalue weighted by Crippen LogP contribution is -2.55. The zero-order chi connectivity index (χ0) is 16.0. The lowest BCUT2D eigenvalue weighted by atomic mass is 9.83. The van der Waals surface area contributed by atoms with Crippen molar-refractivity contribution in [2.24, 2.45) is 5.92 Å². The van der Waals surface area contributed by atoms with Crippen LogP contribution >= 0.6 is 0 Å². The Kier molecular flexibility index (Phi) is 7.15. The fourth-order valence-corrected chi connectivity index (χ4v) is 3.45. The largest absolute Gasteiger partial charge is 0.481 e. The van der Waals surface area contributed by atoms with Crippen molar-refractivity contribution in [2.75, 3.05) is 0 Å². The summed E-state index contributed by atoms with van der Waals surface area (Å²) in [6.45, 7) is 3.50. The lowest BCUT2D eigenvalue weighted by Gasteiger charge is -2.31. The number of carboxylic acid groups (broad SMARTS) is 2. The molecule has 2 unspecified atom stereocenters. The van der Waals surface area contributed by atoms with Gasteiger partial charge < -0.3 is 10.2 Å². The molecule has 2 atom stereocenters. The highest BCUT2D eigenvalue weighted by Crippen LogP contribution is 2.36. The van der Waals surface area contributed by atoms with Gasteiger partial charge in [0, 0.05) is 0 Å². The summed E-state index contributed by atoms with van der Waals surface area (Å²) in [7, 11) is -5.05. The Balaban J connectivity index is 5.89. The van der Waals surface area contributed by atoms with Gasteiger partial charge in [0.05, 0.1) is 5.92 Å². The Morgan fingerprint density at radius 1 is 1.10 bits per heavy atom. The number of rotatable bonds is 10. The standard InChI is InChI=1S/C12H22O7S/c1-3-5-7-9(10(13)14)12(11(15)16,8-6-4-2)20(17,18)19/h9H,3-8H2,1-2H3,(H,13,14)(H,15,16)(H,17,18,19). The third-order valence-corrected chi connectivity index (χ3v) is 5.02. The molecule has 0 aliphatic rings. The molecule has 0 heterocycles. The van der Waals surface area contributed by atoms with Crippen LogP contribution in [-0.4, -0.2) is 39.9 Å². The maximum absolute atomic E-state index is 11.6. The first-order valence-electron chi connectivity index (χ1n) is 6.58.